The molecule has 0 aromatic rings. The van der Waals surface area contributed by atoms with Crippen molar-refractivity contribution >= 4 is 17.8 Å². The molecule has 0 saturated heterocycles. The van der Waals surface area contributed by atoms with E-state index < -0.39 is 5.41 Å². The van der Waals surface area contributed by atoms with Gasteiger partial charge in [0.05, 0.1) is 38.4 Å². The number of amides is 2. The van der Waals surface area contributed by atoms with E-state index in [-0.39, 0.29) is 37.5 Å². The van der Waals surface area contributed by atoms with Crippen molar-refractivity contribution in [2.75, 3.05) is 39.6 Å². The van der Waals surface area contributed by atoms with Crippen molar-refractivity contribution in [3.63, 3.8) is 0 Å². The molecule has 0 saturated carbocycles. The Labute approximate surface area is 130 Å². The van der Waals surface area contributed by atoms with Crippen LogP contribution in [0.1, 0.15) is 20.8 Å². The van der Waals surface area contributed by atoms with Crippen molar-refractivity contribution in [1.82, 2.24) is 4.90 Å². The third-order valence-corrected chi connectivity index (χ3v) is 2.80. The maximum Gasteiger partial charge on any atom is 0.311 e. The Morgan fingerprint density at radius 3 is 2.00 bits per heavy atom. The van der Waals surface area contributed by atoms with Crippen LogP contribution in [-0.4, -0.2) is 62.3 Å². The zero-order valence-corrected chi connectivity index (χ0v) is 13.3. The first-order valence-electron chi connectivity index (χ1n) is 7.18. The van der Waals surface area contributed by atoms with E-state index in [0.717, 1.165) is 4.90 Å². The second kappa shape index (κ2) is 8.65. The van der Waals surface area contributed by atoms with Gasteiger partial charge in [0.15, 0.2) is 0 Å². The fourth-order valence-corrected chi connectivity index (χ4v) is 1.54. The number of hydrogen-bond acceptors (Lipinski definition) is 6. The van der Waals surface area contributed by atoms with Gasteiger partial charge in [-0.15, -0.1) is 0 Å². The van der Waals surface area contributed by atoms with Crippen LogP contribution < -0.4 is 0 Å². The number of ether oxygens (including phenoxy) is 3. The number of nitrogens with zero attached hydrogens (tertiary/aromatic N) is 1. The van der Waals surface area contributed by atoms with Crippen LogP contribution in [0.3, 0.4) is 0 Å². The molecule has 22 heavy (non-hydrogen) atoms. The highest BCUT2D eigenvalue weighted by molar-refractivity contribution is 6.12. The smallest absolute Gasteiger partial charge is 0.311 e. The molecule has 1 aliphatic heterocycles. The predicted molar refractivity (Wildman–Crippen MR) is 77.9 cm³/mol. The van der Waals surface area contributed by atoms with Crippen molar-refractivity contribution < 1.29 is 28.6 Å². The van der Waals surface area contributed by atoms with E-state index in [4.69, 9.17) is 14.2 Å². The first-order valence-corrected chi connectivity index (χ1v) is 7.18. The van der Waals surface area contributed by atoms with E-state index in [9.17, 15) is 14.4 Å². The van der Waals surface area contributed by atoms with Crippen LogP contribution in [0.4, 0.5) is 0 Å². The number of rotatable bonds is 9. The summed E-state index contributed by atoms with van der Waals surface area (Å²) in [5, 5.41) is 0. The van der Waals surface area contributed by atoms with Gasteiger partial charge in [0.2, 0.25) is 0 Å². The van der Waals surface area contributed by atoms with Gasteiger partial charge < -0.3 is 14.2 Å². The van der Waals surface area contributed by atoms with Gasteiger partial charge in [0.1, 0.15) is 6.61 Å². The molecule has 7 heteroatoms. The van der Waals surface area contributed by atoms with E-state index in [1.165, 1.54) is 12.2 Å². The van der Waals surface area contributed by atoms with Crippen LogP contribution in [-0.2, 0) is 28.6 Å². The van der Waals surface area contributed by atoms with E-state index in [1.54, 1.807) is 20.8 Å². The van der Waals surface area contributed by atoms with Gasteiger partial charge in [-0.25, -0.2) is 0 Å². The van der Waals surface area contributed by atoms with E-state index in [0.29, 0.717) is 19.8 Å². The van der Waals surface area contributed by atoms with Crippen molar-refractivity contribution in [3.8, 4) is 0 Å². The molecule has 0 aliphatic carbocycles. The monoisotopic (exact) mass is 313 g/mol. The minimum Gasteiger partial charge on any atom is -0.463 e. The molecule has 0 radical (unpaired) electrons. The van der Waals surface area contributed by atoms with Crippen LogP contribution in [0.2, 0.25) is 0 Å². The lowest BCUT2D eigenvalue weighted by molar-refractivity contribution is -0.154. The molecule has 0 spiro atoms. The fraction of sp³-hybridized carbons (Fsp3) is 0.667. The average molecular weight is 313 g/mol. The zero-order valence-electron chi connectivity index (χ0n) is 13.3. The molecule has 1 aliphatic rings. The molecular weight excluding hydrogens is 290 g/mol. The Balaban J connectivity index is 1.93. The number of carbonyl (C=O) groups is 3. The highest BCUT2D eigenvalue weighted by Gasteiger charge is 2.23. The molecule has 0 atom stereocenters. The average Bonchev–Trinajstić information content (AvgIpc) is 2.75. The van der Waals surface area contributed by atoms with Gasteiger partial charge in [0, 0.05) is 12.2 Å². The maximum absolute atomic E-state index is 11.5. The minimum absolute atomic E-state index is 0.207. The summed E-state index contributed by atoms with van der Waals surface area (Å²) < 4.78 is 15.5. The van der Waals surface area contributed by atoms with Gasteiger partial charge in [-0.2, -0.15) is 0 Å². The Morgan fingerprint density at radius 2 is 1.45 bits per heavy atom. The SMILES string of the molecule is CC(C)(C)C(=O)OCCOCCOCCN1C(=O)C=CC1=O. The Kier molecular flexibility index (Phi) is 7.20. The topological polar surface area (TPSA) is 82.1 Å². The Hall–Kier alpha value is -1.73. The molecule has 0 bridgehead atoms. The minimum atomic E-state index is -0.511. The number of carbonyl (C=O) groups excluding carboxylic acids is 3. The summed E-state index contributed by atoms with van der Waals surface area (Å²) in [5.74, 6) is -0.892. The van der Waals surface area contributed by atoms with Gasteiger partial charge in [-0.05, 0) is 20.8 Å². The van der Waals surface area contributed by atoms with Gasteiger partial charge >= 0.3 is 5.97 Å². The molecule has 0 fully saturated rings. The molecule has 0 N–H and O–H groups in total. The summed E-state index contributed by atoms with van der Waals surface area (Å²) >= 11 is 0. The highest BCUT2D eigenvalue weighted by Crippen LogP contribution is 2.14. The number of esters is 1. The predicted octanol–water partition coefficient (Wildman–Crippen LogP) is 0.534. The summed E-state index contributed by atoms with van der Waals surface area (Å²) in [6.45, 7) is 7.07. The van der Waals surface area contributed by atoms with Gasteiger partial charge in [0.25, 0.3) is 11.8 Å². The molecule has 2 amide bonds. The molecule has 124 valence electrons. The lowest BCUT2D eigenvalue weighted by atomic mass is 9.97. The van der Waals surface area contributed by atoms with Gasteiger partial charge in [-0.3, -0.25) is 19.3 Å². The van der Waals surface area contributed by atoms with E-state index in [1.807, 2.05) is 0 Å². The normalized spacial score (nSPS) is 14.8. The van der Waals surface area contributed by atoms with E-state index in [2.05, 4.69) is 0 Å². The third-order valence-electron chi connectivity index (χ3n) is 2.80. The Bertz CT molecular complexity index is 420. The molecule has 0 unspecified atom stereocenters. The molecular formula is C15H23NO6. The van der Waals surface area contributed by atoms with Crippen molar-refractivity contribution in [2.45, 2.75) is 20.8 Å². The first-order chi connectivity index (χ1) is 10.3. The maximum atomic E-state index is 11.5. The van der Waals surface area contributed by atoms with Gasteiger partial charge in [-0.1, -0.05) is 0 Å². The molecule has 0 aromatic carbocycles. The second-order valence-electron chi connectivity index (χ2n) is 5.77. The van der Waals surface area contributed by atoms with Crippen LogP contribution in [0.25, 0.3) is 0 Å². The summed E-state index contributed by atoms with van der Waals surface area (Å²) in [6.07, 6.45) is 2.48. The summed E-state index contributed by atoms with van der Waals surface area (Å²) in [7, 11) is 0. The lowest BCUT2D eigenvalue weighted by Gasteiger charge is -2.16. The summed E-state index contributed by atoms with van der Waals surface area (Å²) in [4.78, 5) is 35.1. The fourth-order valence-electron chi connectivity index (χ4n) is 1.54. The first kappa shape index (κ1) is 18.3. The standard InChI is InChI=1S/C15H23NO6/c1-15(2,3)14(19)22-11-10-21-9-8-20-7-6-16-12(17)4-5-13(16)18/h4-5H,6-11H2,1-3H3. The van der Waals surface area contributed by atoms with Crippen LogP contribution in [0, 0.1) is 5.41 Å². The van der Waals surface area contributed by atoms with Crippen LogP contribution >= 0.6 is 0 Å². The van der Waals surface area contributed by atoms with E-state index >= 15 is 0 Å². The largest absolute Gasteiger partial charge is 0.463 e. The number of imide groups is 1. The molecule has 7 nitrogen and oxygen atoms in total. The van der Waals surface area contributed by atoms with Crippen LogP contribution in [0.5, 0.6) is 0 Å². The quantitative estimate of drug-likeness (QED) is 0.351. The molecule has 0 aromatic heterocycles. The lowest BCUT2D eigenvalue weighted by Crippen LogP contribution is -2.33. The highest BCUT2D eigenvalue weighted by atomic mass is 16.6. The van der Waals surface area contributed by atoms with Crippen molar-refractivity contribution in [3.05, 3.63) is 12.2 Å². The Morgan fingerprint density at radius 1 is 0.955 bits per heavy atom. The third kappa shape index (κ3) is 6.36. The molecule has 1 heterocycles. The zero-order chi connectivity index (χ0) is 16.6. The second-order valence-corrected chi connectivity index (χ2v) is 5.77. The van der Waals surface area contributed by atoms with Crippen molar-refractivity contribution in [1.29, 1.82) is 0 Å². The van der Waals surface area contributed by atoms with Crippen molar-refractivity contribution in [2.24, 2.45) is 5.41 Å². The van der Waals surface area contributed by atoms with Crippen LogP contribution in [0.15, 0.2) is 12.2 Å². The molecule has 1 rings (SSSR count). The summed E-state index contributed by atoms with van der Waals surface area (Å²) in [6, 6.07) is 0. The number of hydrogen-bond donors (Lipinski definition) is 0. The summed E-state index contributed by atoms with van der Waals surface area (Å²) in [5.41, 5.74) is -0.511.